The van der Waals surface area contributed by atoms with Crippen molar-refractivity contribution in [3.05, 3.63) is 53.6 Å². The fourth-order valence-corrected chi connectivity index (χ4v) is 3.15. The van der Waals surface area contributed by atoms with Crippen LogP contribution in [0.4, 0.5) is 16.2 Å². The van der Waals surface area contributed by atoms with Gasteiger partial charge >= 0.3 is 6.03 Å². The third kappa shape index (κ3) is 5.56. The lowest BCUT2D eigenvalue weighted by molar-refractivity contribution is 0.247. The van der Waals surface area contributed by atoms with Crippen LogP contribution in [0, 0.1) is 0 Å². The highest BCUT2D eigenvalue weighted by Gasteiger charge is 2.10. The van der Waals surface area contributed by atoms with Crippen molar-refractivity contribution < 1.29 is 9.53 Å². The van der Waals surface area contributed by atoms with Gasteiger partial charge < -0.3 is 20.3 Å². The molecule has 0 spiro atoms. The number of nitrogens with one attached hydrogen (secondary N) is 2. The van der Waals surface area contributed by atoms with Crippen LogP contribution in [0.15, 0.2) is 48.5 Å². The van der Waals surface area contributed by atoms with Crippen LogP contribution >= 0.6 is 11.6 Å². The zero-order valence-electron chi connectivity index (χ0n) is 14.7. The minimum absolute atomic E-state index is 0.245. The molecule has 1 aliphatic rings. The molecule has 0 atom stereocenters. The topological polar surface area (TPSA) is 53.6 Å². The average Bonchev–Trinajstić information content (AvgIpc) is 2.67. The Morgan fingerprint density at radius 3 is 2.58 bits per heavy atom. The van der Waals surface area contributed by atoms with E-state index in [1.54, 1.807) is 12.1 Å². The van der Waals surface area contributed by atoms with Gasteiger partial charge in [0, 0.05) is 29.5 Å². The molecule has 0 aliphatic carbocycles. The van der Waals surface area contributed by atoms with Gasteiger partial charge in [-0.15, -0.1) is 0 Å². The molecule has 0 aromatic heterocycles. The van der Waals surface area contributed by atoms with Gasteiger partial charge in [0.2, 0.25) is 0 Å². The van der Waals surface area contributed by atoms with E-state index in [0.29, 0.717) is 23.9 Å². The molecule has 2 amide bonds. The van der Waals surface area contributed by atoms with Gasteiger partial charge in [0.05, 0.1) is 6.54 Å². The van der Waals surface area contributed by atoms with Crippen LogP contribution in [-0.4, -0.2) is 32.3 Å². The minimum Gasteiger partial charge on any atom is -0.492 e. The van der Waals surface area contributed by atoms with E-state index in [-0.39, 0.29) is 6.03 Å². The number of benzene rings is 2. The van der Waals surface area contributed by atoms with Crippen LogP contribution in [0.5, 0.6) is 5.75 Å². The fraction of sp³-hybridized carbons (Fsp3) is 0.350. The number of hydrogen-bond acceptors (Lipinski definition) is 3. The number of ether oxygens (including phenoxy) is 1. The van der Waals surface area contributed by atoms with Crippen molar-refractivity contribution in [1.29, 1.82) is 0 Å². The van der Waals surface area contributed by atoms with Crippen molar-refractivity contribution >= 4 is 29.0 Å². The first-order chi connectivity index (χ1) is 12.7. The highest BCUT2D eigenvalue weighted by molar-refractivity contribution is 6.30. The number of hydrogen-bond donors (Lipinski definition) is 2. The number of rotatable bonds is 6. The number of piperidine rings is 1. The van der Waals surface area contributed by atoms with Crippen molar-refractivity contribution in [3.63, 3.8) is 0 Å². The summed E-state index contributed by atoms with van der Waals surface area (Å²) in [6.07, 6.45) is 3.82. The second-order valence-corrected chi connectivity index (χ2v) is 6.72. The van der Waals surface area contributed by atoms with E-state index >= 15 is 0 Å². The highest BCUT2D eigenvalue weighted by atomic mass is 35.5. The number of nitrogens with zero attached hydrogens (tertiary/aromatic N) is 1. The summed E-state index contributed by atoms with van der Waals surface area (Å²) < 4.78 is 5.54. The number of anilines is 2. The monoisotopic (exact) mass is 373 g/mol. The van der Waals surface area contributed by atoms with Gasteiger partial charge in [-0.05, 0) is 61.7 Å². The van der Waals surface area contributed by atoms with Crippen molar-refractivity contribution in [2.75, 3.05) is 36.5 Å². The standard InChI is InChI=1S/C20H24ClN3O2/c21-16-5-4-6-19(15-16)26-14-11-22-20(25)23-17-7-9-18(10-8-17)24-12-2-1-3-13-24/h4-10,15H,1-3,11-14H2,(H2,22,23,25). The number of amides is 2. The molecule has 0 unspecified atom stereocenters. The van der Waals surface area contributed by atoms with Crippen LogP contribution in [0.2, 0.25) is 5.02 Å². The van der Waals surface area contributed by atoms with E-state index in [1.807, 2.05) is 24.3 Å². The first-order valence-electron chi connectivity index (χ1n) is 8.99. The molecule has 26 heavy (non-hydrogen) atoms. The molecule has 3 rings (SSSR count). The predicted octanol–water partition coefficient (Wildman–Crippen LogP) is 4.53. The largest absolute Gasteiger partial charge is 0.492 e. The summed E-state index contributed by atoms with van der Waals surface area (Å²) in [7, 11) is 0. The molecule has 138 valence electrons. The Bertz CT molecular complexity index is 715. The number of urea groups is 1. The second kappa shape index (κ2) is 9.34. The first-order valence-corrected chi connectivity index (χ1v) is 9.37. The fourth-order valence-electron chi connectivity index (χ4n) is 2.97. The van der Waals surface area contributed by atoms with Gasteiger partial charge in [0.1, 0.15) is 12.4 Å². The molecule has 2 aromatic rings. The van der Waals surface area contributed by atoms with E-state index in [1.165, 1.54) is 24.9 Å². The molecule has 2 N–H and O–H groups in total. The third-order valence-electron chi connectivity index (χ3n) is 4.30. The lowest BCUT2D eigenvalue weighted by Crippen LogP contribution is -2.32. The van der Waals surface area contributed by atoms with E-state index in [0.717, 1.165) is 18.8 Å². The molecule has 0 bridgehead atoms. The molecule has 1 fully saturated rings. The summed E-state index contributed by atoms with van der Waals surface area (Å²) in [5.74, 6) is 0.688. The molecule has 0 saturated carbocycles. The Morgan fingerprint density at radius 1 is 1.08 bits per heavy atom. The zero-order chi connectivity index (χ0) is 18.2. The number of carbonyl (C=O) groups is 1. The molecular weight excluding hydrogens is 350 g/mol. The normalized spacial score (nSPS) is 14.0. The number of carbonyl (C=O) groups excluding carboxylic acids is 1. The Labute approximate surface area is 159 Å². The predicted molar refractivity (Wildman–Crippen MR) is 106 cm³/mol. The maximum Gasteiger partial charge on any atom is 0.319 e. The van der Waals surface area contributed by atoms with Crippen molar-refractivity contribution in [1.82, 2.24) is 5.32 Å². The van der Waals surface area contributed by atoms with Crippen LogP contribution in [0.3, 0.4) is 0 Å². The van der Waals surface area contributed by atoms with Gasteiger partial charge in [0.15, 0.2) is 0 Å². The third-order valence-corrected chi connectivity index (χ3v) is 4.53. The lowest BCUT2D eigenvalue weighted by Gasteiger charge is -2.28. The molecule has 0 radical (unpaired) electrons. The highest BCUT2D eigenvalue weighted by Crippen LogP contribution is 2.21. The van der Waals surface area contributed by atoms with E-state index in [4.69, 9.17) is 16.3 Å². The second-order valence-electron chi connectivity index (χ2n) is 6.28. The van der Waals surface area contributed by atoms with Crippen molar-refractivity contribution in [2.24, 2.45) is 0 Å². The summed E-state index contributed by atoms with van der Waals surface area (Å²) in [5, 5.41) is 6.24. The Morgan fingerprint density at radius 2 is 1.85 bits per heavy atom. The summed E-state index contributed by atoms with van der Waals surface area (Å²) >= 11 is 5.90. The van der Waals surface area contributed by atoms with Crippen molar-refractivity contribution in [2.45, 2.75) is 19.3 Å². The quantitative estimate of drug-likeness (QED) is 0.731. The molecule has 1 heterocycles. The lowest BCUT2D eigenvalue weighted by atomic mass is 10.1. The Kier molecular flexibility index (Phi) is 6.61. The Balaban J connectivity index is 1.39. The Hall–Kier alpha value is -2.40. The molecule has 6 heteroatoms. The van der Waals surface area contributed by atoms with Gasteiger partial charge in [-0.2, -0.15) is 0 Å². The molecule has 5 nitrogen and oxygen atoms in total. The van der Waals surface area contributed by atoms with Crippen LogP contribution in [-0.2, 0) is 0 Å². The minimum atomic E-state index is -0.245. The maximum atomic E-state index is 12.0. The SMILES string of the molecule is O=C(NCCOc1cccc(Cl)c1)Nc1ccc(N2CCCCC2)cc1. The van der Waals surface area contributed by atoms with E-state index < -0.39 is 0 Å². The molecule has 2 aromatic carbocycles. The summed E-state index contributed by atoms with van der Waals surface area (Å²) in [4.78, 5) is 14.3. The van der Waals surface area contributed by atoms with Gasteiger partial charge in [0.25, 0.3) is 0 Å². The smallest absolute Gasteiger partial charge is 0.319 e. The van der Waals surface area contributed by atoms with E-state index in [9.17, 15) is 4.79 Å². The van der Waals surface area contributed by atoms with Gasteiger partial charge in [-0.1, -0.05) is 17.7 Å². The maximum absolute atomic E-state index is 12.0. The average molecular weight is 374 g/mol. The van der Waals surface area contributed by atoms with Gasteiger partial charge in [-0.3, -0.25) is 0 Å². The molecule has 1 saturated heterocycles. The summed E-state index contributed by atoms with van der Waals surface area (Å²) in [6.45, 7) is 3.01. The zero-order valence-corrected chi connectivity index (χ0v) is 15.5. The summed E-state index contributed by atoms with van der Waals surface area (Å²) in [6, 6.07) is 14.9. The summed E-state index contributed by atoms with van der Waals surface area (Å²) in [5.41, 5.74) is 1.99. The number of halogens is 1. The van der Waals surface area contributed by atoms with Crippen LogP contribution in [0.1, 0.15) is 19.3 Å². The first kappa shape index (κ1) is 18.4. The van der Waals surface area contributed by atoms with E-state index in [2.05, 4.69) is 27.7 Å². The van der Waals surface area contributed by atoms with Crippen molar-refractivity contribution in [3.8, 4) is 5.75 Å². The molecule has 1 aliphatic heterocycles. The van der Waals surface area contributed by atoms with Crippen LogP contribution < -0.4 is 20.3 Å². The molecular formula is C20H24ClN3O2. The van der Waals surface area contributed by atoms with Gasteiger partial charge in [-0.25, -0.2) is 4.79 Å². The van der Waals surface area contributed by atoms with Crippen LogP contribution in [0.25, 0.3) is 0 Å².